The molecular formula is C16H19ClN2O7S. The van der Waals surface area contributed by atoms with Gasteiger partial charge in [0.2, 0.25) is 16.1 Å². The highest BCUT2D eigenvalue weighted by atomic mass is 35.5. The zero-order valence-electron chi connectivity index (χ0n) is 14.9. The standard InChI is InChI=1S/C16H19ClN2O7S/c1-9(15(21)26-13-6-7-25-16(13)22)18-14(20)11-8-10(4-5-12(11)17)27(23,24)19(2)3/h4-5,8-9,13H,6-7H2,1-3H3,(H,18,20)/t9-,13+/m1/s1. The van der Waals surface area contributed by atoms with Crippen molar-refractivity contribution in [1.82, 2.24) is 9.62 Å². The fourth-order valence-corrected chi connectivity index (χ4v) is 3.34. The van der Waals surface area contributed by atoms with Gasteiger partial charge >= 0.3 is 11.9 Å². The lowest BCUT2D eigenvalue weighted by atomic mass is 10.2. The van der Waals surface area contributed by atoms with Crippen LogP contribution in [0.15, 0.2) is 23.1 Å². The first-order valence-electron chi connectivity index (χ1n) is 7.94. The van der Waals surface area contributed by atoms with Gasteiger partial charge in [-0.25, -0.2) is 22.3 Å². The van der Waals surface area contributed by atoms with Crippen LogP contribution in [-0.4, -0.2) is 63.4 Å². The first-order valence-corrected chi connectivity index (χ1v) is 9.76. The van der Waals surface area contributed by atoms with Crippen molar-refractivity contribution in [2.24, 2.45) is 0 Å². The molecule has 0 radical (unpaired) electrons. The van der Waals surface area contributed by atoms with Crippen LogP contribution in [0, 0.1) is 0 Å². The molecule has 1 N–H and O–H groups in total. The van der Waals surface area contributed by atoms with E-state index in [1.807, 2.05) is 0 Å². The zero-order chi connectivity index (χ0) is 20.4. The second kappa shape index (κ2) is 8.24. The largest absolute Gasteiger partial charge is 0.463 e. The summed E-state index contributed by atoms with van der Waals surface area (Å²) in [6.07, 6.45) is -0.740. The van der Waals surface area contributed by atoms with Gasteiger partial charge < -0.3 is 14.8 Å². The summed E-state index contributed by atoms with van der Waals surface area (Å²) in [4.78, 5) is 35.7. The molecule has 0 spiro atoms. The number of esters is 2. The maximum absolute atomic E-state index is 12.4. The highest BCUT2D eigenvalue weighted by Crippen LogP contribution is 2.22. The number of sulfonamides is 1. The SMILES string of the molecule is C[C@@H](NC(=O)c1cc(S(=O)(=O)N(C)C)ccc1Cl)C(=O)O[C@H]1CCOC1=O. The van der Waals surface area contributed by atoms with Crippen LogP contribution in [-0.2, 0) is 29.1 Å². The molecule has 1 aliphatic heterocycles. The number of carbonyl (C=O) groups excluding carboxylic acids is 3. The highest BCUT2D eigenvalue weighted by molar-refractivity contribution is 7.89. The van der Waals surface area contributed by atoms with E-state index in [1.165, 1.54) is 33.2 Å². The smallest absolute Gasteiger partial charge is 0.347 e. The van der Waals surface area contributed by atoms with Gasteiger partial charge in [0, 0.05) is 20.5 Å². The number of benzene rings is 1. The fourth-order valence-electron chi connectivity index (χ4n) is 2.21. The fraction of sp³-hybridized carbons (Fsp3) is 0.438. The lowest BCUT2D eigenvalue weighted by Crippen LogP contribution is -2.41. The van der Waals surface area contributed by atoms with Gasteiger partial charge in [0.1, 0.15) is 6.04 Å². The van der Waals surface area contributed by atoms with Crippen molar-refractivity contribution in [3.63, 3.8) is 0 Å². The van der Waals surface area contributed by atoms with Crippen molar-refractivity contribution < 1.29 is 32.3 Å². The molecule has 2 rings (SSSR count). The maximum atomic E-state index is 12.4. The summed E-state index contributed by atoms with van der Waals surface area (Å²) in [6, 6.07) is 2.60. The van der Waals surface area contributed by atoms with Crippen LogP contribution >= 0.6 is 11.6 Å². The van der Waals surface area contributed by atoms with Crippen LogP contribution in [0.5, 0.6) is 0 Å². The highest BCUT2D eigenvalue weighted by Gasteiger charge is 2.32. The van der Waals surface area contributed by atoms with Gasteiger partial charge in [-0.1, -0.05) is 11.6 Å². The van der Waals surface area contributed by atoms with Crippen molar-refractivity contribution >= 4 is 39.5 Å². The Bertz CT molecular complexity index is 870. The number of amides is 1. The topological polar surface area (TPSA) is 119 Å². The van der Waals surface area contributed by atoms with Crippen molar-refractivity contribution in [2.75, 3.05) is 20.7 Å². The molecule has 0 bridgehead atoms. The number of halogens is 1. The van der Waals surface area contributed by atoms with Crippen LogP contribution in [0.3, 0.4) is 0 Å². The molecule has 0 aromatic heterocycles. The van der Waals surface area contributed by atoms with E-state index in [0.29, 0.717) is 0 Å². The molecule has 1 heterocycles. The number of ether oxygens (including phenoxy) is 2. The minimum absolute atomic E-state index is 0.0187. The molecule has 1 aromatic rings. The Labute approximate surface area is 161 Å². The van der Waals surface area contributed by atoms with Gasteiger partial charge in [-0.15, -0.1) is 0 Å². The number of rotatable bonds is 6. The van der Waals surface area contributed by atoms with E-state index in [2.05, 4.69) is 5.32 Å². The van der Waals surface area contributed by atoms with Gasteiger partial charge in [-0.3, -0.25) is 4.79 Å². The van der Waals surface area contributed by atoms with Crippen molar-refractivity contribution in [2.45, 2.75) is 30.4 Å². The summed E-state index contributed by atoms with van der Waals surface area (Å²) in [7, 11) is -1.05. The van der Waals surface area contributed by atoms with Crippen LogP contribution in [0.1, 0.15) is 23.7 Å². The number of nitrogens with one attached hydrogen (secondary N) is 1. The third kappa shape index (κ3) is 4.76. The normalized spacial score (nSPS) is 18.1. The molecule has 1 amide bonds. The van der Waals surface area contributed by atoms with Gasteiger partial charge in [0.05, 0.1) is 22.1 Å². The predicted molar refractivity (Wildman–Crippen MR) is 94.7 cm³/mol. The van der Waals surface area contributed by atoms with E-state index in [0.717, 1.165) is 10.4 Å². The van der Waals surface area contributed by atoms with Gasteiger partial charge in [0.15, 0.2) is 0 Å². The summed E-state index contributed by atoms with van der Waals surface area (Å²) in [5.74, 6) is -2.21. The Kier molecular flexibility index (Phi) is 6.45. The van der Waals surface area contributed by atoms with Crippen molar-refractivity contribution in [3.8, 4) is 0 Å². The second-order valence-electron chi connectivity index (χ2n) is 6.01. The molecule has 0 saturated carbocycles. The average molecular weight is 419 g/mol. The molecule has 27 heavy (non-hydrogen) atoms. The summed E-state index contributed by atoms with van der Waals surface area (Å²) >= 11 is 5.99. The Morgan fingerprint density at radius 2 is 2.04 bits per heavy atom. The van der Waals surface area contributed by atoms with Crippen LogP contribution in [0.4, 0.5) is 0 Å². The van der Waals surface area contributed by atoms with E-state index in [-0.39, 0.29) is 28.5 Å². The first kappa shape index (κ1) is 21.1. The summed E-state index contributed by atoms with van der Waals surface area (Å²) in [5, 5.41) is 2.39. The molecule has 1 aliphatic rings. The Morgan fingerprint density at radius 1 is 1.37 bits per heavy atom. The molecule has 0 aliphatic carbocycles. The van der Waals surface area contributed by atoms with E-state index in [9.17, 15) is 22.8 Å². The van der Waals surface area contributed by atoms with Crippen LogP contribution in [0.2, 0.25) is 5.02 Å². The quantitative estimate of drug-likeness (QED) is 0.670. The van der Waals surface area contributed by atoms with E-state index >= 15 is 0 Å². The monoisotopic (exact) mass is 418 g/mol. The van der Waals surface area contributed by atoms with Gasteiger partial charge in [-0.2, -0.15) is 0 Å². The number of cyclic esters (lactones) is 1. The van der Waals surface area contributed by atoms with Gasteiger partial charge in [-0.05, 0) is 25.1 Å². The van der Waals surface area contributed by atoms with E-state index in [4.69, 9.17) is 21.1 Å². The van der Waals surface area contributed by atoms with Gasteiger partial charge in [0.25, 0.3) is 5.91 Å². The third-order valence-electron chi connectivity index (χ3n) is 3.81. The number of carbonyl (C=O) groups is 3. The molecule has 148 valence electrons. The minimum Gasteiger partial charge on any atom is -0.463 e. The molecule has 9 nitrogen and oxygen atoms in total. The predicted octanol–water partition coefficient (Wildman–Crippen LogP) is 0.567. The van der Waals surface area contributed by atoms with E-state index < -0.39 is 40.0 Å². The third-order valence-corrected chi connectivity index (χ3v) is 5.95. The Balaban J connectivity index is 2.13. The Morgan fingerprint density at radius 3 is 2.59 bits per heavy atom. The maximum Gasteiger partial charge on any atom is 0.347 e. The Hall–Kier alpha value is -2.17. The summed E-state index contributed by atoms with van der Waals surface area (Å²) in [6.45, 7) is 1.54. The van der Waals surface area contributed by atoms with E-state index in [1.54, 1.807) is 0 Å². The number of hydrogen-bond acceptors (Lipinski definition) is 7. The minimum atomic E-state index is -3.76. The number of nitrogens with zero attached hydrogens (tertiary/aromatic N) is 1. The molecule has 1 saturated heterocycles. The molecule has 11 heteroatoms. The second-order valence-corrected chi connectivity index (χ2v) is 8.56. The summed E-state index contributed by atoms with van der Waals surface area (Å²) < 4.78 is 35.1. The van der Waals surface area contributed by atoms with Crippen LogP contribution < -0.4 is 5.32 Å². The zero-order valence-corrected chi connectivity index (χ0v) is 16.5. The number of hydrogen-bond donors (Lipinski definition) is 1. The first-order chi connectivity index (χ1) is 12.5. The lowest BCUT2D eigenvalue weighted by Gasteiger charge is -2.16. The van der Waals surface area contributed by atoms with Crippen molar-refractivity contribution in [1.29, 1.82) is 0 Å². The molecule has 0 unspecified atom stereocenters. The molecular weight excluding hydrogens is 400 g/mol. The van der Waals surface area contributed by atoms with Crippen molar-refractivity contribution in [3.05, 3.63) is 28.8 Å². The molecule has 1 aromatic carbocycles. The average Bonchev–Trinajstić information content (AvgIpc) is 2.99. The molecule has 2 atom stereocenters. The summed E-state index contributed by atoms with van der Waals surface area (Å²) in [5.41, 5.74) is -0.112. The molecule has 1 fully saturated rings. The van der Waals surface area contributed by atoms with Crippen LogP contribution in [0.25, 0.3) is 0 Å². The lowest BCUT2D eigenvalue weighted by molar-refractivity contribution is -0.161.